The van der Waals surface area contributed by atoms with E-state index in [0.717, 1.165) is 11.0 Å². The molecule has 0 amide bonds. The van der Waals surface area contributed by atoms with E-state index in [2.05, 4.69) is 4.98 Å². The van der Waals surface area contributed by atoms with Crippen LogP contribution >= 0.6 is 0 Å². The third-order valence-electron chi connectivity index (χ3n) is 1.69. The molecule has 0 aliphatic rings. The molecule has 0 N–H and O–H groups in total. The minimum absolute atomic E-state index is 0.665. The number of fused-ring (bicyclic) bond motifs is 1. The fraction of sp³-hybridized carbons (Fsp3) is 0.222. The summed E-state index contributed by atoms with van der Waals surface area (Å²) in [7, 11) is 0. The molecule has 0 atom stereocenters. The maximum atomic E-state index is 5.34. The molecule has 0 aromatic carbocycles. The normalized spacial score (nSPS) is 10.4. The first-order valence-electron chi connectivity index (χ1n) is 3.97. The van der Waals surface area contributed by atoms with E-state index in [9.17, 15) is 0 Å². The molecule has 0 saturated carbocycles. The molecule has 0 bridgehead atoms. The molecule has 0 spiro atoms. The van der Waals surface area contributed by atoms with Crippen molar-refractivity contribution in [2.45, 2.75) is 6.92 Å². The maximum Gasteiger partial charge on any atom is 0.112 e. The lowest BCUT2D eigenvalue weighted by atomic mass is 10.4. The lowest BCUT2D eigenvalue weighted by Crippen LogP contribution is -2.08. The van der Waals surface area contributed by atoms with Crippen LogP contribution in [0.25, 0.3) is 11.0 Å². The summed E-state index contributed by atoms with van der Waals surface area (Å²) in [5.74, 6) is 0. The summed E-state index contributed by atoms with van der Waals surface area (Å²) in [6, 6.07) is 5.82. The molecule has 3 nitrogen and oxygen atoms in total. The van der Waals surface area contributed by atoms with Crippen molar-refractivity contribution in [1.29, 1.82) is 0 Å². The van der Waals surface area contributed by atoms with Gasteiger partial charge in [-0.25, -0.2) is 0 Å². The summed E-state index contributed by atoms with van der Waals surface area (Å²) >= 11 is 0. The number of nitrogens with zero attached hydrogens (tertiary/aromatic N) is 2. The average Bonchev–Trinajstić information content (AvgIpc) is 2.50. The Kier molecular flexibility index (Phi) is 1.70. The Morgan fingerprint density at radius 2 is 2.42 bits per heavy atom. The van der Waals surface area contributed by atoms with Gasteiger partial charge in [-0.05, 0) is 25.1 Å². The zero-order chi connectivity index (χ0) is 8.39. The fourth-order valence-corrected chi connectivity index (χ4v) is 1.19. The smallest absolute Gasteiger partial charge is 0.112 e. The second kappa shape index (κ2) is 2.85. The average molecular weight is 162 g/mol. The third kappa shape index (κ3) is 1.03. The van der Waals surface area contributed by atoms with E-state index in [1.165, 1.54) is 0 Å². The predicted octanol–water partition coefficient (Wildman–Crippen LogP) is 1.48. The first-order valence-corrected chi connectivity index (χ1v) is 3.97. The molecule has 62 valence electrons. The van der Waals surface area contributed by atoms with E-state index < -0.39 is 0 Å². The minimum atomic E-state index is 0.665. The molecule has 0 unspecified atom stereocenters. The number of rotatable bonds is 2. The maximum absolute atomic E-state index is 5.34. The second-order valence-corrected chi connectivity index (χ2v) is 2.47. The van der Waals surface area contributed by atoms with Gasteiger partial charge in [0.25, 0.3) is 0 Å². The lowest BCUT2D eigenvalue weighted by Gasteiger charge is -2.03. The molecular formula is C9H10N2O. The van der Waals surface area contributed by atoms with Crippen molar-refractivity contribution >= 4 is 11.0 Å². The van der Waals surface area contributed by atoms with Gasteiger partial charge in [0.05, 0.1) is 5.52 Å². The molecule has 0 radical (unpaired) electrons. The van der Waals surface area contributed by atoms with Crippen LogP contribution < -0.4 is 4.84 Å². The van der Waals surface area contributed by atoms with Gasteiger partial charge in [-0.2, -0.15) is 4.73 Å². The SMILES string of the molecule is CCOn1ccc2ncccc21. The van der Waals surface area contributed by atoms with Crippen LogP contribution in [0.15, 0.2) is 30.6 Å². The van der Waals surface area contributed by atoms with Gasteiger partial charge in [0, 0.05) is 12.4 Å². The second-order valence-electron chi connectivity index (χ2n) is 2.47. The van der Waals surface area contributed by atoms with E-state index in [0.29, 0.717) is 6.61 Å². The van der Waals surface area contributed by atoms with Crippen molar-refractivity contribution in [2.75, 3.05) is 6.61 Å². The summed E-state index contributed by atoms with van der Waals surface area (Å²) in [6.07, 6.45) is 3.65. The molecule has 3 heteroatoms. The summed E-state index contributed by atoms with van der Waals surface area (Å²) in [5.41, 5.74) is 1.98. The Labute approximate surface area is 70.5 Å². The molecular weight excluding hydrogens is 152 g/mol. The molecule has 2 aromatic rings. The van der Waals surface area contributed by atoms with Crippen molar-refractivity contribution in [3.05, 3.63) is 30.6 Å². The minimum Gasteiger partial charge on any atom is -0.414 e. The zero-order valence-corrected chi connectivity index (χ0v) is 6.90. The van der Waals surface area contributed by atoms with Crippen LogP contribution in [0.4, 0.5) is 0 Å². The van der Waals surface area contributed by atoms with Crippen molar-refractivity contribution in [3.63, 3.8) is 0 Å². The highest BCUT2D eigenvalue weighted by Crippen LogP contribution is 2.10. The van der Waals surface area contributed by atoms with E-state index in [-0.39, 0.29) is 0 Å². The van der Waals surface area contributed by atoms with Gasteiger partial charge in [0.15, 0.2) is 0 Å². The third-order valence-corrected chi connectivity index (χ3v) is 1.69. The van der Waals surface area contributed by atoms with E-state index in [4.69, 9.17) is 4.84 Å². The van der Waals surface area contributed by atoms with E-state index in [1.54, 1.807) is 10.9 Å². The van der Waals surface area contributed by atoms with Gasteiger partial charge in [-0.3, -0.25) is 4.98 Å². The van der Waals surface area contributed by atoms with Crippen LogP contribution in [0.3, 0.4) is 0 Å². The van der Waals surface area contributed by atoms with Crippen LogP contribution in [0.2, 0.25) is 0 Å². The van der Waals surface area contributed by atoms with Gasteiger partial charge in [-0.1, -0.05) is 0 Å². The van der Waals surface area contributed by atoms with Crippen molar-refractivity contribution in [1.82, 2.24) is 9.71 Å². The van der Waals surface area contributed by atoms with Crippen LogP contribution in [-0.4, -0.2) is 16.3 Å². The number of aromatic nitrogens is 2. The quantitative estimate of drug-likeness (QED) is 0.668. The molecule has 0 saturated heterocycles. The standard InChI is InChI=1S/C9H10N2O/c1-2-12-11-7-5-8-9(11)4-3-6-10-8/h3-7H,2H2,1H3. The number of hydrogen-bond acceptors (Lipinski definition) is 2. The molecule has 2 heterocycles. The Balaban J connectivity index is 2.55. The van der Waals surface area contributed by atoms with Crippen molar-refractivity contribution in [2.24, 2.45) is 0 Å². The van der Waals surface area contributed by atoms with Crippen LogP contribution in [0, 0.1) is 0 Å². The summed E-state index contributed by atoms with van der Waals surface area (Å²) in [4.78, 5) is 9.52. The van der Waals surface area contributed by atoms with Gasteiger partial charge in [0.1, 0.15) is 12.1 Å². The molecule has 0 aliphatic carbocycles. The topological polar surface area (TPSA) is 27.1 Å². The van der Waals surface area contributed by atoms with Gasteiger partial charge < -0.3 is 4.84 Å². The van der Waals surface area contributed by atoms with E-state index in [1.807, 2.05) is 31.3 Å². The van der Waals surface area contributed by atoms with Gasteiger partial charge >= 0.3 is 0 Å². The largest absolute Gasteiger partial charge is 0.414 e. The Morgan fingerprint density at radius 1 is 1.50 bits per heavy atom. The van der Waals surface area contributed by atoms with Crippen LogP contribution in [0.1, 0.15) is 6.92 Å². The highest BCUT2D eigenvalue weighted by molar-refractivity contribution is 5.74. The van der Waals surface area contributed by atoms with Crippen LogP contribution in [-0.2, 0) is 0 Å². The van der Waals surface area contributed by atoms with Crippen molar-refractivity contribution in [3.8, 4) is 0 Å². The first kappa shape index (κ1) is 7.16. The highest BCUT2D eigenvalue weighted by Gasteiger charge is 1.99. The Hall–Kier alpha value is -1.51. The highest BCUT2D eigenvalue weighted by atomic mass is 16.7. The molecule has 2 rings (SSSR count). The summed E-state index contributed by atoms with van der Waals surface area (Å²) < 4.78 is 1.74. The Bertz CT molecular complexity index is 381. The van der Waals surface area contributed by atoms with Crippen molar-refractivity contribution < 1.29 is 4.84 Å². The molecule has 2 aromatic heterocycles. The predicted molar refractivity (Wildman–Crippen MR) is 46.9 cm³/mol. The Morgan fingerprint density at radius 3 is 3.25 bits per heavy atom. The summed E-state index contributed by atoms with van der Waals surface area (Å²) in [5, 5.41) is 0. The first-order chi connectivity index (χ1) is 5.92. The zero-order valence-electron chi connectivity index (χ0n) is 6.90. The summed E-state index contributed by atoms with van der Waals surface area (Å²) in [6.45, 7) is 2.63. The van der Waals surface area contributed by atoms with E-state index >= 15 is 0 Å². The molecule has 12 heavy (non-hydrogen) atoms. The molecule has 0 aliphatic heterocycles. The van der Waals surface area contributed by atoms with Gasteiger partial charge in [-0.15, -0.1) is 0 Å². The fourth-order valence-electron chi connectivity index (χ4n) is 1.19. The van der Waals surface area contributed by atoms with Crippen LogP contribution in [0.5, 0.6) is 0 Å². The molecule has 0 fully saturated rings. The monoisotopic (exact) mass is 162 g/mol. The number of pyridine rings is 1. The van der Waals surface area contributed by atoms with Gasteiger partial charge in [0.2, 0.25) is 0 Å². The number of hydrogen-bond donors (Lipinski definition) is 0. The lowest BCUT2D eigenvalue weighted by molar-refractivity contribution is 0.132.